The number of carbonyl (C=O) groups is 2. The molecule has 0 atom stereocenters. The van der Waals surface area contributed by atoms with Gasteiger partial charge in [-0.05, 0) is 24.6 Å². The lowest BCUT2D eigenvalue weighted by Gasteiger charge is -2.04. The van der Waals surface area contributed by atoms with Crippen molar-refractivity contribution in [1.82, 2.24) is 0 Å². The maximum atomic E-state index is 11.1. The highest BCUT2D eigenvalue weighted by atomic mass is 16.5. The summed E-state index contributed by atoms with van der Waals surface area (Å²) in [5, 5.41) is 8.67. The molecule has 0 amide bonds. The highest BCUT2D eigenvalue weighted by Crippen LogP contribution is 2.06. The Morgan fingerprint density at radius 1 is 1.31 bits per heavy atom. The first kappa shape index (κ1) is 12.0. The average molecular weight is 220 g/mol. The molecule has 0 fully saturated rings. The number of aromatic carboxylic acids is 1. The Kier molecular flexibility index (Phi) is 3.83. The van der Waals surface area contributed by atoms with Crippen molar-refractivity contribution in [2.24, 2.45) is 0 Å². The first-order valence-corrected chi connectivity index (χ1v) is 4.65. The lowest BCUT2D eigenvalue weighted by molar-refractivity contribution is -0.140. The molecule has 0 spiro atoms. The molecule has 0 unspecified atom stereocenters. The SMILES string of the molecule is C=C(C)C(=O)OCc1ccc(C(=O)O)cc1. The summed E-state index contributed by atoms with van der Waals surface area (Å²) in [5.74, 6) is -1.44. The van der Waals surface area contributed by atoms with Gasteiger partial charge in [0, 0.05) is 5.57 Å². The monoisotopic (exact) mass is 220 g/mol. The van der Waals surface area contributed by atoms with Crippen LogP contribution in [-0.4, -0.2) is 17.0 Å². The van der Waals surface area contributed by atoms with Gasteiger partial charge in [0.05, 0.1) is 5.56 Å². The molecule has 0 saturated carbocycles. The van der Waals surface area contributed by atoms with Crippen molar-refractivity contribution in [3.63, 3.8) is 0 Å². The highest BCUT2D eigenvalue weighted by Gasteiger charge is 2.05. The second kappa shape index (κ2) is 5.11. The fourth-order valence-electron chi connectivity index (χ4n) is 1.02. The van der Waals surface area contributed by atoms with Crippen LogP contribution in [-0.2, 0) is 16.1 Å². The zero-order valence-corrected chi connectivity index (χ0v) is 8.90. The molecular weight excluding hydrogens is 208 g/mol. The van der Waals surface area contributed by atoms with E-state index in [0.29, 0.717) is 5.57 Å². The van der Waals surface area contributed by atoms with Gasteiger partial charge >= 0.3 is 11.9 Å². The minimum atomic E-state index is -0.981. The van der Waals surface area contributed by atoms with E-state index < -0.39 is 11.9 Å². The molecule has 4 nitrogen and oxygen atoms in total. The van der Waals surface area contributed by atoms with Crippen LogP contribution in [0.5, 0.6) is 0 Å². The third kappa shape index (κ3) is 3.24. The minimum absolute atomic E-state index is 0.117. The predicted molar refractivity (Wildman–Crippen MR) is 58.0 cm³/mol. The Labute approximate surface area is 93.2 Å². The third-order valence-electron chi connectivity index (χ3n) is 1.92. The van der Waals surface area contributed by atoms with E-state index >= 15 is 0 Å². The molecule has 1 aromatic carbocycles. The number of carbonyl (C=O) groups excluding carboxylic acids is 1. The van der Waals surface area contributed by atoms with Crippen molar-refractivity contribution >= 4 is 11.9 Å². The first-order valence-electron chi connectivity index (χ1n) is 4.65. The largest absolute Gasteiger partial charge is 0.478 e. The normalized spacial score (nSPS) is 9.56. The smallest absolute Gasteiger partial charge is 0.335 e. The molecule has 84 valence electrons. The molecule has 0 aromatic heterocycles. The van der Waals surface area contributed by atoms with Crippen molar-refractivity contribution in [1.29, 1.82) is 0 Å². The van der Waals surface area contributed by atoms with Gasteiger partial charge in [-0.3, -0.25) is 0 Å². The van der Waals surface area contributed by atoms with Crippen LogP contribution < -0.4 is 0 Å². The van der Waals surface area contributed by atoms with Crippen LogP contribution in [0, 0.1) is 0 Å². The Bertz CT molecular complexity index is 417. The summed E-state index contributed by atoms with van der Waals surface area (Å²) in [6.07, 6.45) is 0. The fourth-order valence-corrected chi connectivity index (χ4v) is 1.02. The van der Waals surface area contributed by atoms with E-state index in [2.05, 4.69) is 6.58 Å². The van der Waals surface area contributed by atoms with Gasteiger partial charge in [0.2, 0.25) is 0 Å². The molecule has 0 aliphatic rings. The summed E-state index contributed by atoms with van der Waals surface area (Å²) in [4.78, 5) is 21.6. The quantitative estimate of drug-likeness (QED) is 0.622. The second-order valence-corrected chi connectivity index (χ2v) is 3.36. The van der Waals surface area contributed by atoms with Crippen LogP contribution in [0.4, 0.5) is 0 Å². The standard InChI is InChI=1S/C12H12O4/c1-8(2)12(15)16-7-9-3-5-10(6-4-9)11(13)14/h3-6H,1,7H2,2H3,(H,13,14). The lowest BCUT2D eigenvalue weighted by atomic mass is 10.1. The first-order chi connectivity index (χ1) is 7.50. The number of esters is 1. The van der Waals surface area contributed by atoms with Gasteiger partial charge in [0.1, 0.15) is 6.61 Å². The molecule has 0 bridgehead atoms. The summed E-state index contributed by atoms with van der Waals surface area (Å²) in [7, 11) is 0. The number of benzene rings is 1. The van der Waals surface area contributed by atoms with E-state index in [0.717, 1.165) is 5.56 Å². The van der Waals surface area contributed by atoms with Crippen LogP contribution in [0.2, 0.25) is 0 Å². The second-order valence-electron chi connectivity index (χ2n) is 3.36. The Morgan fingerprint density at radius 3 is 2.31 bits per heavy atom. The minimum Gasteiger partial charge on any atom is -0.478 e. The molecule has 0 heterocycles. The van der Waals surface area contributed by atoms with Gasteiger partial charge in [-0.15, -0.1) is 0 Å². The van der Waals surface area contributed by atoms with E-state index in [-0.39, 0.29) is 12.2 Å². The number of hydrogen-bond acceptors (Lipinski definition) is 3. The molecule has 0 aliphatic carbocycles. The fraction of sp³-hybridized carbons (Fsp3) is 0.167. The number of carboxylic acids is 1. The molecule has 1 rings (SSSR count). The molecule has 16 heavy (non-hydrogen) atoms. The van der Waals surface area contributed by atoms with Gasteiger partial charge in [0.25, 0.3) is 0 Å². The molecule has 0 saturated heterocycles. The molecule has 1 N–H and O–H groups in total. The van der Waals surface area contributed by atoms with Gasteiger partial charge in [-0.2, -0.15) is 0 Å². The third-order valence-corrected chi connectivity index (χ3v) is 1.92. The van der Waals surface area contributed by atoms with Crippen molar-refractivity contribution in [2.75, 3.05) is 0 Å². The Balaban J connectivity index is 2.59. The van der Waals surface area contributed by atoms with Gasteiger partial charge in [-0.1, -0.05) is 18.7 Å². The summed E-state index contributed by atoms with van der Waals surface area (Å²) < 4.78 is 4.90. The van der Waals surface area contributed by atoms with Gasteiger partial charge in [-0.25, -0.2) is 9.59 Å². The number of rotatable bonds is 4. The van der Waals surface area contributed by atoms with Crippen LogP contribution in [0.3, 0.4) is 0 Å². The number of hydrogen-bond donors (Lipinski definition) is 1. The summed E-state index contributed by atoms with van der Waals surface area (Å²) >= 11 is 0. The van der Waals surface area contributed by atoms with Gasteiger partial charge in [0.15, 0.2) is 0 Å². The molecule has 0 aliphatic heterocycles. The van der Waals surface area contributed by atoms with Crippen molar-refractivity contribution < 1.29 is 19.4 Å². The number of ether oxygens (including phenoxy) is 1. The maximum Gasteiger partial charge on any atom is 0.335 e. The molecule has 1 aromatic rings. The van der Waals surface area contributed by atoms with Crippen LogP contribution in [0.1, 0.15) is 22.8 Å². The van der Waals surface area contributed by atoms with E-state index in [1.54, 1.807) is 19.1 Å². The summed E-state index contributed by atoms with van der Waals surface area (Å²) in [6, 6.07) is 6.14. The van der Waals surface area contributed by atoms with Crippen LogP contribution in [0.25, 0.3) is 0 Å². The Hall–Kier alpha value is -2.10. The average Bonchev–Trinajstić information content (AvgIpc) is 2.26. The molecule has 0 radical (unpaired) electrons. The lowest BCUT2D eigenvalue weighted by Crippen LogP contribution is -2.05. The van der Waals surface area contributed by atoms with E-state index in [9.17, 15) is 9.59 Å². The summed E-state index contributed by atoms with van der Waals surface area (Å²) in [6.45, 7) is 5.13. The van der Waals surface area contributed by atoms with E-state index in [4.69, 9.17) is 9.84 Å². The van der Waals surface area contributed by atoms with Crippen LogP contribution >= 0.6 is 0 Å². The van der Waals surface area contributed by atoms with Gasteiger partial charge < -0.3 is 9.84 Å². The molecular formula is C12H12O4. The Morgan fingerprint density at radius 2 is 1.88 bits per heavy atom. The zero-order valence-electron chi connectivity index (χ0n) is 8.90. The predicted octanol–water partition coefficient (Wildman–Crippen LogP) is 2.00. The highest BCUT2D eigenvalue weighted by molar-refractivity contribution is 5.88. The number of carboxylic acid groups (broad SMARTS) is 1. The van der Waals surface area contributed by atoms with Crippen molar-refractivity contribution in [3.8, 4) is 0 Å². The topological polar surface area (TPSA) is 63.6 Å². The maximum absolute atomic E-state index is 11.1. The van der Waals surface area contributed by atoms with Crippen molar-refractivity contribution in [3.05, 3.63) is 47.5 Å². The molecule has 4 heteroatoms. The van der Waals surface area contributed by atoms with E-state index in [1.807, 2.05) is 0 Å². The van der Waals surface area contributed by atoms with E-state index in [1.165, 1.54) is 12.1 Å². The zero-order chi connectivity index (χ0) is 12.1. The van der Waals surface area contributed by atoms with Crippen LogP contribution in [0.15, 0.2) is 36.4 Å². The summed E-state index contributed by atoms with van der Waals surface area (Å²) in [5.41, 5.74) is 1.27. The van der Waals surface area contributed by atoms with Crippen molar-refractivity contribution in [2.45, 2.75) is 13.5 Å².